The summed E-state index contributed by atoms with van der Waals surface area (Å²) in [6.45, 7) is 4.50. The Labute approximate surface area is 160 Å². The van der Waals surface area contributed by atoms with Crippen LogP contribution in [0.4, 0.5) is 0 Å². The smallest absolute Gasteiger partial charge is 0.244 e. The number of nitrogens with one attached hydrogen (secondary N) is 1. The van der Waals surface area contributed by atoms with E-state index < -0.39 is 6.04 Å². The molecule has 0 saturated carbocycles. The summed E-state index contributed by atoms with van der Waals surface area (Å²) in [6, 6.07) is 16.7. The molecule has 1 atom stereocenters. The van der Waals surface area contributed by atoms with Gasteiger partial charge in [-0.2, -0.15) is 0 Å². The van der Waals surface area contributed by atoms with Gasteiger partial charge in [-0.15, -0.1) is 0 Å². The van der Waals surface area contributed by atoms with Gasteiger partial charge in [0.05, 0.1) is 6.54 Å². The van der Waals surface area contributed by atoms with Crippen molar-refractivity contribution >= 4 is 17.9 Å². The van der Waals surface area contributed by atoms with Crippen LogP contribution in [0, 0.1) is 6.92 Å². The largest absolute Gasteiger partial charge is 0.492 e. The van der Waals surface area contributed by atoms with E-state index in [1.165, 1.54) is 6.08 Å². The van der Waals surface area contributed by atoms with Crippen LogP contribution in [0.25, 0.3) is 6.08 Å². The second-order valence-electron chi connectivity index (χ2n) is 6.40. The minimum Gasteiger partial charge on any atom is -0.492 e. The van der Waals surface area contributed by atoms with E-state index in [2.05, 4.69) is 5.32 Å². The fourth-order valence-electron chi connectivity index (χ4n) is 2.51. The number of aryl methyl sites for hydroxylation is 1. The highest BCUT2D eigenvalue weighted by Gasteiger charge is 2.18. The summed E-state index contributed by atoms with van der Waals surface area (Å²) in [5.41, 5.74) is 2.05. The van der Waals surface area contributed by atoms with Gasteiger partial charge in [0.25, 0.3) is 0 Å². The molecule has 0 heterocycles. The summed E-state index contributed by atoms with van der Waals surface area (Å²) in [6.07, 6.45) is 3.14. The minimum atomic E-state index is -0.609. The maximum absolute atomic E-state index is 12.4. The lowest BCUT2D eigenvalue weighted by atomic mass is 10.2. The number of carbonyl (C=O) groups is 2. The molecule has 0 spiro atoms. The van der Waals surface area contributed by atoms with Crippen LogP contribution in [-0.4, -0.2) is 43.0 Å². The number of ether oxygens (including phenoxy) is 1. The fraction of sp³-hybridized carbons (Fsp3) is 0.273. The normalized spacial score (nSPS) is 11.8. The van der Waals surface area contributed by atoms with Gasteiger partial charge in [-0.3, -0.25) is 9.59 Å². The highest BCUT2D eigenvalue weighted by Crippen LogP contribution is 2.12. The number of benzene rings is 2. The molecule has 0 radical (unpaired) electrons. The third-order valence-corrected chi connectivity index (χ3v) is 4.02. The quantitative estimate of drug-likeness (QED) is 0.731. The third kappa shape index (κ3) is 6.98. The summed E-state index contributed by atoms with van der Waals surface area (Å²) in [7, 11) is 1.70. The number of amides is 2. The van der Waals surface area contributed by atoms with E-state index in [0.29, 0.717) is 13.2 Å². The highest BCUT2D eigenvalue weighted by molar-refractivity contribution is 5.95. The number of likely N-dealkylation sites (N-methyl/N-ethyl adjacent to an activating group) is 1. The molecule has 0 aromatic heterocycles. The maximum atomic E-state index is 12.4. The van der Waals surface area contributed by atoms with Crippen LogP contribution in [-0.2, 0) is 9.59 Å². The molecule has 2 rings (SSSR count). The molecule has 0 fully saturated rings. The first-order chi connectivity index (χ1) is 13.0. The first-order valence-corrected chi connectivity index (χ1v) is 8.94. The van der Waals surface area contributed by atoms with Crippen LogP contribution in [0.3, 0.4) is 0 Å². The molecule has 0 saturated heterocycles. The van der Waals surface area contributed by atoms with Gasteiger partial charge in [-0.05, 0) is 43.2 Å². The number of carbonyl (C=O) groups excluding carboxylic acids is 2. The van der Waals surface area contributed by atoms with E-state index in [1.54, 1.807) is 24.9 Å². The molecule has 5 nitrogen and oxygen atoms in total. The van der Waals surface area contributed by atoms with Gasteiger partial charge in [0.1, 0.15) is 18.4 Å². The molecule has 2 amide bonds. The molecule has 0 bridgehead atoms. The molecule has 2 aromatic carbocycles. The second-order valence-corrected chi connectivity index (χ2v) is 6.40. The minimum absolute atomic E-state index is 0.163. The Morgan fingerprint density at radius 1 is 1.15 bits per heavy atom. The van der Waals surface area contributed by atoms with Gasteiger partial charge in [0.2, 0.25) is 11.8 Å². The van der Waals surface area contributed by atoms with Gasteiger partial charge in [-0.1, -0.05) is 42.5 Å². The number of nitrogens with zero attached hydrogens (tertiary/aromatic N) is 1. The monoisotopic (exact) mass is 366 g/mol. The highest BCUT2D eigenvalue weighted by atomic mass is 16.5. The Balaban J connectivity index is 1.76. The molecular weight excluding hydrogens is 340 g/mol. The average Bonchev–Trinajstić information content (AvgIpc) is 2.66. The molecule has 0 aliphatic rings. The standard InChI is InChI=1S/C22H26N2O3/c1-17-8-7-11-20(16-17)27-15-14-24(3)22(26)18(2)23-21(25)13-12-19-9-5-4-6-10-19/h4-13,16,18H,14-15H2,1-3H3,(H,23,25). The first kappa shape index (κ1) is 20.2. The number of rotatable bonds is 8. The Kier molecular flexibility index (Phi) is 7.62. The molecule has 27 heavy (non-hydrogen) atoms. The van der Waals surface area contributed by atoms with Crippen molar-refractivity contribution < 1.29 is 14.3 Å². The zero-order valence-corrected chi connectivity index (χ0v) is 16.0. The van der Waals surface area contributed by atoms with Crippen LogP contribution >= 0.6 is 0 Å². The molecule has 1 unspecified atom stereocenters. The molecule has 0 aliphatic carbocycles. The van der Waals surface area contributed by atoms with Crippen molar-refractivity contribution in [1.82, 2.24) is 10.2 Å². The number of hydrogen-bond donors (Lipinski definition) is 1. The van der Waals surface area contributed by atoms with Crippen molar-refractivity contribution in [2.45, 2.75) is 19.9 Å². The van der Waals surface area contributed by atoms with E-state index in [1.807, 2.05) is 61.5 Å². The van der Waals surface area contributed by atoms with Crippen LogP contribution in [0.5, 0.6) is 5.75 Å². The first-order valence-electron chi connectivity index (χ1n) is 8.94. The SMILES string of the molecule is Cc1cccc(OCCN(C)C(=O)C(C)NC(=O)C=Cc2ccccc2)c1. The Morgan fingerprint density at radius 3 is 2.59 bits per heavy atom. The van der Waals surface area contributed by atoms with Crippen molar-refractivity contribution in [1.29, 1.82) is 0 Å². The lowest BCUT2D eigenvalue weighted by Gasteiger charge is -2.22. The Bertz CT molecular complexity index is 787. The average molecular weight is 366 g/mol. The van der Waals surface area contributed by atoms with Crippen molar-refractivity contribution in [2.24, 2.45) is 0 Å². The van der Waals surface area contributed by atoms with Crippen LogP contribution < -0.4 is 10.1 Å². The van der Waals surface area contributed by atoms with Gasteiger partial charge < -0.3 is 15.0 Å². The van der Waals surface area contributed by atoms with Crippen molar-refractivity contribution in [3.8, 4) is 5.75 Å². The van der Waals surface area contributed by atoms with Crippen LogP contribution in [0.15, 0.2) is 60.7 Å². The predicted molar refractivity (Wildman–Crippen MR) is 107 cm³/mol. The summed E-state index contributed by atoms with van der Waals surface area (Å²) in [5.74, 6) is 0.316. The molecule has 142 valence electrons. The Morgan fingerprint density at radius 2 is 1.89 bits per heavy atom. The summed E-state index contributed by atoms with van der Waals surface area (Å²) in [5, 5.41) is 2.69. The summed E-state index contributed by atoms with van der Waals surface area (Å²) in [4.78, 5) is 25.9. The lowest BCUT2D eigenvalue weighted by Crippen LogP contribution is -2.46. The summed E-state index contributed by atoms with van der Waals surface area (Å²) >= 11 is 0. The zero-order chi connectivity index (χ0) is 19.6. The van der Waals surface area contributed by atoms with Gasteiger partial charge in [0, 0.05) is 13.1 Å². The lowest BCUT2D eigenvalue weighted by molar-refractivity contribution is -0.134. The molecule has 1 N–H and O–H groups in total. The van der Waals surface area contributed by atoms with E-state index in [0.717, 1.165) is 16.9 Å². The molecule has 5 heteroatoms. The molecular formula is C22H26N2O3. The maximum Gasteiger partial charge on any atom is 0.244 e. The van der Waals surface area contributed by atoms with E-state index in [9.17, 15) is 9.59 Å². The van der Waals surface area contributed by atoms with E-state index in [4.69, 9.17) is 4.74 Å². The topological polar surface area (TPSA) is 58.6 Å². The van der Waals surface area contributed by atoms with Crippen molar-refractivity contribution in [3.05, 3.63) is 71.8 Å². The van der Waals surface area contributed by atoms with Gasteiger partial charge >= 0.3 is 0 Å². The zero-order valence-electron chi connectivity index (χ0n) is 16.0. The van der Waals surface area contributed by atoms with Gasteiger partial charge in [0.15, 0.2) is 0 Å². The van der Waals surface area contributed by atoms with Crippen molar-refractivity contribution in [2.75, 3.05) is 20.2 Å². The van der Waals surface area contributed by atoms with Crippen LogP contribution in [0.2, 0.25) is 0 Å². The molecule has 2 aromatic rings. The van der Waals surface area contributed by atoms with Gasteiger partial charge in [-0.25, -0.2) is 0 Å². The predicted octanol–water partition coefficient (Wildman–Crippen LogP) is 3.05. The fourth-order valence-corrected chi connectivity index (χ4v) is 2.51. The van der Waals surface area contributed by atoms with E-state index in [-0.39, 0.29) is 11.8 Å². The second kappa shape index (κ2) is 10.2. The molecule has 0 aliphatic heterocycles. The number of hydrogen-bond acceptors (Lipinski definition) is 3. The third-order valence-electron chi connectivity index (χ3n) is 4.02. The summed E-state index contributed by atoms with van der Waals surface area (Å²) < 4.78 is 5.66. The van der Waals surface area contributed by atoms with E-state index >= 15 is 0 Å². The van der Waals surface area contributed by atoms with Crippen molar-refractivity contribution in [3.63, 3.8) is 0 Å². The Hall–Kier alpha value is -3.08. The van der Waals surface area contributed by atoms with Crippen LogP contribution in [0.1, 0.15) is 18.1 Å².